The number of aromatic carboxylic acids is 1. The second-order valence-corrected chi connectivity index (χ2v) is 6.25. The zero-order valence-electron chi connectivity index (χ0n) is 10.9. The summed E-state index contributed by atoms with van der Waals surface area (Å²) in [6.07, 6.45) is 0. The molecule has 0 saturated heterocycles. The maximum Gasteiger partial charge on any atom is 0.339 e. The zero-order valence-corrected chi connectivity index (χ0v) is 12.5. The van der Waals surface area contributed by atoms with E-state index in [0.717, 1.165) is 11.6 Å². The fraction of sp³-hybridized carbons (Fsp3) is 0.0714. The molecular weight excluding hydrogens is 316 g/mol. The molecule has 0 aromatic heterocycles. The highest BCUT2D eigenvalue weighted by atomic mass is 35.5. The van der Waals surface area contributed by atoms with E-state index in [9.17, 15) is 13.2 Å². The number of aryl methyl sites for hydroxylation is 1. The van der Waals surface area contributed by atoms with Gasteiger partial charge in [-0.05, 0) is 31.2 Å². The van der Waals surface area contributed by atoms with Gasteiger partial charge in [-0.2, -0.15) is 8.42 Å². The Morgan fingerprint density at radius 3 is 2.29 bits per heavy atom. The number of carboxylic acids is 1. The van der Waals surface area contributed by atoms with Crippen molar-refractivity contribution in [3.8, 4) is 5.75 Å². The topological polar surface area (TPSA) is 80.7 Å². The molecular formula is C14H11ClO5S. The van der Waals surface area contributed by atoms with Crippen molar-refractivity contribution in [3.63, 3.8) is 0 Å². The van der Waals surface area contributed by atoms with E-state index in [0.29, 0.717) is 0 Å². The zero-order chi connectivity index (χ0) is 15.6. The van der Waals surface area contributed by atoms with E-state index < -0.39 is 16.1 Å². The number of carbonyl (C=O) groups is 1. The molecule has 2 aromatic carbocycles. The first-order chi connectivity index (χ1) is 9.79. The third kappa shape index (κ3) is 3.53. The van der Waals surface area contributed by atoms with Crippen LogP contribution in [-0.2, 0) is 10.1 Å². The van der Waals surface area contributed by atoms with Gasteiger partial charge in [0.2, 0.25) is 0 Å². The second kappa shape index (κ2) is 5.75. The van der Waals surface area contributed by atoms with Crippen molar-refractivity contribution in [3.05, 3.63) is 58.6 Å². The van der Waals surface area contributed by atoms with Crippen LogP contribution in [0.25, 0.3) is 0 Å². The number of hydrogen-bond donors (Lipinski definition) is 1. The minimum absolute atomic E-state index is 0.00605. The third-order valence-corrected chi connectivity index (χ3v) is 4.26. The standard InChI is InChI=1S/C14H11ClO5S/c1-9-2-5-11(6-3-9)21(18,19)20-10-4-7-12(14(16)17)13(15)8-10/h2-8H,1H3,(H,16,17). The van der Waals surface area contributed by atoms with Crippen LogP contribution in [-0.4, -0.2) is 19.5 Å². The van der Waals surface area contributed by atoms with Gasteiger partial charge < -0.3 is 9.29 Å². The average Bonchev–Trinajstić information content (AvgIpc) is 2.38. The highest BCUT2D eigenvalue weighted by molar-refractivity contribution is 7.87. The van der Waals surface area contributed by atoms with Crippen molar-refractivity contribution < 1.29 is 22.5 Å². The fourth-order valence-electron chi connectivity index (χ4n) is 1.60. The molecule has 2 aromatic rings. The van der Waals surface area contributed by atoms with Crippen LogP contribution in [0.3, 0.4) is 0 Å². The molecule has 0 unspecified atom stereocenters. The van der Waals surface area contributed by atoms with Gasteiger partial charge in [-0.25, -0.2) is 4.79 Å². The van der Waals surface area contributed by atoms with Crippen LogP contribution in [0.5, 0.6) is 5.75 Å². The smallest absolute Gasteiger partial charge is 0.339 e. The number of carboxylic acid groups (broad SMARTS) is 1. The van der Waals surface area contributed by atoms with E-state index in [1.54, 1.807) is 12.1 Å². The molecule has 0 saturated carbocycles. The Labute approximate surface area is 126 Å². The lowest BCUT2D eigenvalue weighted by atomic mass is 10.2. The molecule has 110 valence electrons. The molecule has 0 aliphatic heterocycles. The van der Waals surface area contributed by atoms with Crippen LogP contribution in [0.4, 0.5) is 0 Å². The summed E-state index contributed by atoms with van der Waals surface area (Å²) in [5.41, 5.74) is 0.791. The van der Waals surface area contributed by atoms with Crippen molar-refractivity contribution in [1.29, 1.82) is 0 Å². The molecule has 0 spiro atoms. The normalized spacial score (nSPS) is 11.1. The van der Waals surface area contributed by atoms with E-state index in [4.69, 9.17) is 20.9 Å². The fourth-order valence-corrected chi connectivity index (χ4v) is 2.77. The van der Waals surface area contributed by atoms with Gasteiger partial charge in [-0.15, -0.1) is 0 Å². The molecule has 0 fully saturated rings. The Morgan fingerprint density at radius 1 is 1.14 bits per heavy atom. The SMILES string of the molecule is Cc1ccc(S(=O)(=O)Oc2ccc(C(=O)O)c(Cl)c2)cc1. The van der Waals surface area contributed by atoms with Crippen LogP contribution < -0.4 is 4.18 Å². The van der Waals surface area contributed by atoms with E-state index in [1.165, 1.54) is 24.3 Å². The number of halogens is 1. The van der Waals surface area contributed by atoms with Crippen molar-refractivity contribution >= 4 is 27.7 Å². The molecule has 7 heteroatoms. The summed E-state index contributed by atoms with van der Waals surface area (Å²) in [7, 11) is -3.99. The largest absolute Gasteiger partial charge is 0.478 e. The van der Waals surface area contributed by atoms with Gasteiger partial charge in [0.25, 0.3) is 0 Å². The lowest BCUT2D eigenvalue weighted by Crippen LogP contribution is -2.10. The summed E-state index contributed by atoms with van der Waals surface area (Å²) in [6.45, 7) is 1.83. The van der Waals surface area contributed by atoms with Crippen molar-refractivity contribution in [1.82, 2.24) is 0 Å². The molecule has 2 rings (SSSR count). The first-order valence-electron chi connectivity index (χ1n) is 5.83. The lowest BCUT2D eigenvalue weighted by molar-refractivity contribution is 0.0697. The molecule has 0 atom stereocenters. The summed E-state index contributed by atoms with van der Waals surface area (Å²) in [5, 5.41) is 8.75. The molecule has 0 aliphatic carbocycles. The minimum atomic E-state index is -3.99. The molecule has 0 radical (unpaired) electrons. The Morgan fingerprint density at radius 2 is 1.76 bits per heavy atom. The van der Waals surface area contributed by atoms with Crippen molar-refractivity contribution in [2.24, 2.45) is 0 Å². The maximum atomic E-state index is 12.1. The van der Waals surface area contributed by atoms with Crippen LogP contribution in [0.2, 0.25) is 5.02 Å². The van der Waals surface area contributed by atoms with Crippen molar-refractivity contribution in [2.75, 3.05) is 0 Å². The van der Waals surface area contributed by atoms with Crippen LogP contribution >= 0.6 is 11.6 Å². The molecule has 5 nitrogen and oxygen atoms in total. The average molecular weight is 327 g/mol. The minimum Gasteiger partial charge on any atom is -0.478 e. The summed E-state index contributed by atoms with van der Waals surface area (Å²) < 4.78 is 29.1. The number of hydrogen-bond acceptors (Lipinski definition) is 4. The Balaban J connectivity index is 2.31. The van der Waals surface area contributed by atoms with Gasteiger partial charge in [0, 0.05) is 6.07 Å². The summed E-state index contributed by atoms with van der Waals surface area (Å²) in [6, 6.07) is 9.73. The van der Waals surface area contributed by atoms with Gasteiger partial charge >= 0.3 is 16.1 Å². The van der Waals surface area contributed by atoms with E-state index in [1.807, 2.05) is 6.92 Å². The van der Waals surface area contributed by atoms with E-state index in [-0.39, 0.29) is 21.2 Å². The molecule has 0 heterocycles. The number of benzene rings is 2. The molecule has 0 aliphatic rings. The Kier molecular flexibility index (Phi) is 4.20. The predicted octanol–water partition coefficient (Wildman–Crippen LogP) is 3.11. The molecule has 21 heavy (non-hydrogen) atoms. The van der Waals surface area contributed by atoms with Gasteiger partial charge in [0.1, 0.15) is 10.6 Å². The van der Waals surface area contributed by atoms with Gasteiger partial charge in [0.15, 0.2) is 0 Å². The summed E-state index contributed by atoms with van der Waals surface area (Å²) >= 11 is 5.76. The predicted molar refractivity (Wildman–Crippen MR) is 77.4 cm³/mol. The Hall–Kier alpha value is -2.05. The highest BCUT2D eigenvalue weighted by Crippen LogP contribution is 2.25. The number of rotatable bonds is 4. The van der Waals surface area contributed by atoms with Crippen molar-refractivity contribution in [2.45, 2.75) is 11.8 Å². The van der Waals surface area contributed by atoms with Gasteiger partial charge in [-0.3, -0.25) is 0 Å². The highest BCUT2D eigenvalue weighted by Gasteiger charge is 2.18. The monoisotopic (exact) mass is 326 g/mol. The second-order valence-electron chi connectivity index (χ2n) is 4.30. The quantitative estimate of drug-likeness (QED) is 0.873. The third-order valence-electron chi connectivity index (χ3n) is 2.69. The maximum absolute atomic E-state index is 12.1. The lowest BCUT2D eigenvalue weighted by Gasteiger charge is -2.08. The van der Waals surface area contributed by atoms with Crippen LogP contribution in [0.1, 0.15) is 15.9 Å². The van der Waals surface area contributed by atoms with Crippen LogP contribution in [0.15, 0.2) is 47.4 Å². The molecule has 1 N–H and O–H groups in total. The van der Waals surface area contributed by atoms with E-state index >= 15 is 0 Å². The summed E-state index contributed by atoms with van der Waals surface area (Å²) in [5.74, 6) is -1.25. The van der Waals surface area contributed by atoms with E-state index in [2.05, 4.69) is 0 Å². The summed E-state index contributed by atoms with van der Waals surface area (Å²) in [4.78, 5) is 10.8. The van der Waals surface area contributed by atoms with Gasteiger partial charge in [-0.1, -0.05) is 29.3 Å². The molecule has 0 amide bonds. The molecule has 0 bridgehead atoms. The van der Waals surface area contributed by atoms with Gasteiger partial charge in [0.05, 0.1) is 10.6 Å². The van der Waals surface area contributed by atoms with Crippen LogP contribution in [0, 0.1) is 6.92 Å². The first kappa shape index (κ1) is 15.3. The Bertz CT molecular complexity index is 782. The first-order valence-corrected chi connectivity index (χ1v) is 7.62.